The van der Waals surface area contributed by atoms with Crippen LogP contribution in [0.5, 0.6) is 0 Å². The Morgan fingerprint density at radius 3 is 2.62 bits per heavy atom. The van der Waals surface area contributed by atoms with E-state index in [1.165, 1.54) is 10.9 Å². The van der Waals surface area contributed by atoms with Crippen LogP contribution in [0, 0.1) is 0 Å². The average Bonchev–Trinajstić information content (AvgIpc) is 3.17. The number of fused-ring (bicyclic) bond motifs is 1. The number of aromatic amines is 1. The number of nitrogens with zero attached hydrogens (tertiary/aromatic N) is 3. The molecule has 1 amide bonds. The van der Waals surface area contributed by atoms with Gasteiger partial charge in [-0.1, -0.05) is 30.3 Å². The number of nitrogens with one attached hydrogen (secondary N) is 2. The Balaban J connectivity index is 1.54. The predicted molar refractivity (Wildman–Crippen MR) is 110 cm³/mol. The zero-order chi connectivity index (χ0) is 20.4. The van der Waals surface area contributed by atoms with Crippen molar-refractivity contribution >= 4 is 22.4 Å². The van der Waals surface area contributed by atoms with Gasteiger partial charge in [0.1, 0.15) is 0 Å². The van der Waals surface area contributed by atoms with Crippen LogP contribution in [0.1, 0.15) is 17.3 Å². The van der Waals surface area contributed by atoms with Crippen LogP contribution in [0.4, 0.5) is 5.69 Å². The molecule has 29 heavy (non-hydrogen) atoms. The van der Waals surface area contributed by atoms with Crippen molar-refractivity contribution in [2.24, 2.45) is 0 Å². The molecule has 3 N–H and O–H groups in total. The van der Waals surface area contributed by atoms with Gasteiger partial charge in [0.2, 0.25) is 0 Å². The Labute approximate surface area is 165 Å². The molecule has 4 rings (SSSR count). The Bertz CT molecular complexity index is 1230. The molecule has 0 bridgehead atoms. The molecule has 0 saturated heterocycles. The molecule has 8 nitrogen and oxygen atoms in total. The highest BCUT2D eigenvalue weighted by Gasteiger charge is 2.11. The fourth-order valence-electron chi connectivity index (χ4n) is 3.10. The van der Waals surface area contributed by atoms with Crippen molar-refractivity contribution in [2.45, 2.75) is 19.6 Å². The van der Waals surface area contributed by atoms with Crippen LogP contribution in [-0.2, 0) is 6.54 Å². The number of anilines is 1. The first-order valence-electron chi connectivity index (χ1n) is 9.11. The van der Waals surface area contributed by atoms with Gasteiger partial charge >= 0.3 is 0 Å². The molecule has 1 atom stereocenters. The largest absolute Gasteiger partial charge is 0.391 e. The van der Waals surface area contributed by atoms with Gasteiger partial charge in [-0.2, -0.15) is 10.2 Å². The predicted octanol–water partition coefficient (Wildman–Crippen LogP) is 2.42. The van der Waals surface area contributed by atoms with E-state index in [-0.39, 0.29) is 11.5 Å². The summed E-state index contributed by atoms with van der Waals surface area (Å²) < 4.78 is 1.52. The summed E-state index contributed by atoms with van der Waals surface area (Å²) in [6, 6.07) is 14.5. The van der Waals surface area contributed by atoms with E-state index in [4.69, 9.17) is 0 Å². The van der Waals surface area contributed by atoms with E-state index in [9.17, 15) is 14.7 Å². The SMILES string of the molecule is CC(O)Cn1cc(C(=O)Nc2ccc(-c3n[nH]c(=O)c4ccccc34)cc2)cn1. The molecule has 1 unspecified atom stereocenters. The second kappa shape index (κ2) is 7.69. The van der Waals surface area contributed by atoms with Gasteiger partial charge in [0.25, 0.3) is 11.5 Å². The molecule has 0 radical (unpaired) electrons. The number of carbonyl (C=O) groups excluding carboxylic acids is 1. The monoisotopic (exact) mass is 389 g/mol. The molecule has 4 aromatic rings. The number of H-pyrrole nitrogens is 1. The molecule has 0 saturated carbocycles. The normalized spacial score (nSPS) is 12.1. The molecule has 0 fully saturated rings. The standard InChI is InChI=1S/C21H19N5O3/c1-13(27)11-26-12-15(10-22-26)20(28)23-16-8-6-14(7-9-16)19-17-4-2-3-5-18(17)21(29)25-24-19/h2-10,12-13,27H,11H2,1H3,(H,23,28)(H,25,29). The third-order valence-electron chi connectivity index (χ3n) is 4.46. The lowest BCUT2D eigenvalue weighted by Gasteiger charge is -2.07. The van der Waals surface area contributed by atoms with Crippen LogP contribution in [0.3, 0.4) is 0 Å². The van der Waals surface area contributed by atoms with Crippen LogP contribution in [-0.4, -0.2) is 37.1 Å². The van der Waals surface area contributed by atoms with Crippen LogP contribution in [0.2, 0.25) is 0 Å². The van der Waals surface area contributed by atoms with E-state index in [0.29, 0.717) is 28.9 Å². The highest BCUT2D eigenvalue weighted by atomic mass is 16.3. The minimum atomic E-state index is -0.545. The van der Waals surface area contributed by atoms with Crippen molar-refractivity contribution in [1.29, 1.82) is 0 Å². The first kappa shape index (κ1) is 18.6. The van der Waals surface area contributed by atoms with Gasteiger partial charge in [-0.3, -0.25) is 14.3 Å². The number of aliphatic hydroxyl groups is 1. The maximum atomic E-state index is 12.4. The summed E-state index contributed by atoms with van der Waals surface area (Å²) >= 11 is 0. The summed E-state index contributed by atoms with van der Waals surface area (Å²) in [7, 11) is 0. The topological polar surface area (TPSA) is 113 Å². The summed E-state index contributed by atoms with van der Waals surface area (Å²) in [5.74, 6) is -0.290. The first-order valence-corrected chi connectivity index (χ1v) is 9.11. The number of aliphatic hydroxyl groups excluding tert-OH is 1. The van der Waals surface area contributed by atoms with Crippen LogP contribution >= 0.6 is 0 Å². The second-order valence-corrected chi connectivity index (χ2v) is 6.78. The van der Waals surface area contributed by atoms with Crippen LogP contribution in [0.25, 0.3) is 22.0 Å². The van der Waals surface area contributed by atoms with Gasteiger partial charge in [0.05, 0.1) is 35.5 Å². The van der Waals surface area contributed by atoms with E-state index in [1.54, 1.807) is 31.3 Å². The zero-order valence-electron chi connectivity index (χ0n) is 15.7. The number of hydrogen-bond acceptors (Lipinski definition) is 5. The maximum Gasteiger partial charge on any atom is 0.272 e. The highest BCUT2D eigenvalue weighted by molar-refractivity contribution is 6.04. The highest BCUT2D eigenvalue weighted by Crippen LogP contribution is 2.25. The smallest absolute Gasteiger partial charge is 0.272 e. The minimum Gasteiger partial charge on any atom is -0.391 e. The van der Waals surface area contributed by atoms with E-state index < -0.39 is 6.10 Å². The summed E-state index contributed by atoms with van der Waals surface area (Å²) in [4.78, 5) is 24.3. The van der Waals surface area contributed by atoms with E-state index >= 15 is 0 Å². The fourth-order valence-corrected chi connectivity index (χ4v) is 3.10. The van der Waals surface area contributed by atoms with Crippen LogP contribution < -0.4 is 10.9 Å². The average molecular weight is 389 g/mol. The Morgan fingerprint density at radius 2 is 1.90 bits per heavy atom. The fraction of sp³-hybridized carbons (Fsp3) is 0.143. The molecule has 0 aliphatic heterocycles. The van der Waals surface area contributed by atoms with Gasteiger partial charge in [0, 0.05) is 22.8 Å². The minimum absolute atomic E-state index is 0.232. The second-order valence-electron chi connectivity index (χ2n) is 6.78. The van der Waals surface area contributed by atoms with Gasteiger partial charge in [-0.05, 0) is 25.1 Å². The molecule has 2 heterocycles. The lowest BCUT2D eigenvalue weighted by molar-refractivity contribution is 0.102. The van der Waals surface area contributed by atoms with Gasteiger partial charge in [0.15, 0.2) is 0 Å². The van der Waals surface area contributed by atoms with E-state index in [0.717, 1.165) is 10.9 Å². The Kier molecular flexibility index (Phi) is 4.92. The Morgan fingerprint density at radius 1 is 1.17 bits per heavy atom. The molecule has 2 aromatic heterocycles. The number of rotatable bonds is 5. The van der Waals surface area contributed by atoms with Crippen molar-refractivity contribution < 1.29 is 9.90 Å². The van der Waals surface area contributed by atoms with E-state index in [1.807, 2.05) is 30.3 Å². The number of amides is 1. The summed E-state index contributed by atoms with van der Waals surface area (Å²) in [6.07, 6.45) is 2.51. The molecular weight excluding hydrogens is 370 g/mol. The molecule has 0 aliphatic carbocycles. The van der Waals surface area contributed by atoms with Crippen LogP contribution in [0.15, 0.2) is 65.7 Å². The molecule has 146 valence electrons. The number of hydrogen-bond donors (Lipinski definition) is 3. The third-order valence-corrected chi connectivity index (χ3v) is 4.46. The molecule has 8 heteroatoms. The van der Waals surface area contributed by atoms with Gasteiger partial charge in [-0.25, -0.2) is 5.10 Å². The lowest BCUT2D eigenvalue weighted by atomic mass is 10.0. The van der Waals surface area contributed by atoms with Crippen molar-refractivity contribution in [1.82, 2.24) is 20.0 Å². The Hall–Kier alpha value is -3.78. The third kappa shape index (κ3) is 3.92. The van der Waals surface area contributed by atoms with Crippen molar-refractivity contribution in [3.63, 3.8) is 0 Å². The number of carbonyl (C=O) groups is 1. The van der Waals surface area contributed by atoms with Crippen molar-refractivity contribution in [2.75, 3.05) is 5.32 Å². The first-order chi connectivity index (χ1) is 14.0. The quantitative estimate of drug-likeness (QED) is 0.485. The summed E-state index contributed by atoms with van der Waals surface area (Å²) in [5, 5.41) is 24.3. The molecule has 0 aliphatic rings. The van der Waals surface area contributed by atoms with Crippen molar-refractivity contribution in [3.05, 3.63) is 76.8 Å². The van der Waals surface area contributed by atoms with E-state index in [2.05, 4.69) is 20.6 Å². The summed E-state index contributed by atoms with van der Waals surface area (Å²) in [6.45, 7) is 1.98. The number of benzene rings is 2. The van der Waals surface area contributed by atoms with Crippen molar-refractivity contribution in [3.8, 4) is 11.3 Å². The van der Waals surface area contributed by atoms with Gasteiger partial charge < -0.3 is 10.4 Å². The lowest BCUT2D eigenvalue weighted by Crippen LogP contribution is -2.13. The summed E-state index contributed by atoms with van der Waals surface area (Å²) in [5.41, 5.74) is 2.28. The molecule has 0 spiro atoms. The number of aromatic nitrogens is 4. The zero-order valence-corrected chi connectivity index (χ0v) is 15.7. The molecular formula is C21H19N5O3. The molecule has 2 aromatic carbocycles. The maximum absolute atomic E-state index is 12.4. The van der Waals surface area contributed by atoms with Gasteiger partial charge in [-0.15, -0.1) is 0 Å².